The molecule has 37 heavy (non-hydrogen) atoms. The van der Waals surface area contributed by atoms with Gasteiger partial charge in [-0.1, -0.05) is 38.1 Å². The minimum Gasteiger partial charge on any atom is -0.455 e. The Labute approximate surface area is 221 Å². The third-order valence-electron chi connectivity index (χ3n) is 9.10. The summed E-state index contributed by atoms with van der Waals surface area (Å²) in [6.07, 6.45) is 9.60. The quantitative estimate of drug-likeness (QED) is 0.329. The van der Waals surface area contributed by atoms with Crippen molar-refractivity contribution in [3.63, 3.8) is 0 Å². The van der Waals surface area contributed by atoms with Gasteiger partial charge in [0.2, 0.25) is 5.36 Å². The summed E-state index contributed by atoms with van der Waals surface area (Å²) in [5.41, 5.74) is 13.0. The van der Waals surface area contributed by atoms with E-state index in [1.54, 1.807) is 0 Å². The number of aryl methyl sites for hydroxylation is 3. The second kappa shape index (κ2) is 9.04. The molecule has 3 aromatic rings. The molecule has 0 fully saturated rings. The summed E-state index contributed by atoms with van der Waals surface area (Å²) in [6, 6.07) is 14.0. The lowest BCUT2D eigenvalue weighted by atomic mass is 9.82. The van der Waals surface area contributed by atoms with Gasteiger partial charge in [-0.25, -0.2) is 4.58 Å². The predicted octanol–water partition coefficient (Wildman–Crippen LogP) is 5.46. The molecule has 5 aliphatic rings. The van der Waals surface area contributed by atoms with Gasteiger partial charge in [0.15, 0.2) is 0 Å². The molecular formula is C34H39N2O+. The number of hydrogen-bond donors (Lipinski definition) is 0. The van der Waals surface area contributed by atoms with Crippen LogP contribution in [0.5, 0.6) is 11.5 Å². The van der Waals surface area contributed by atoms with Crippen LogP contribution in [0.25, 0.3) is 5.57 Å². The van der Waals surface area contributed by atoms with Gasteiger partial charge in [0.05, 0.1) is 5.56 Å². The molecule has 0 N–H and O–H groups in total. The van der Waals surface area contributed by atoms with E-state index in [2.05, 4.69) is 52.8 Å². The van der Waals surface area contributed by atoms with Crippen LogP contribution in [0, 0.1) is 6.92 Å². The monoisotopic (exact) mass is 491 g/mol. The molecule has 0 atom stereocenters. The molecule has 0 saturated heterocycles. The fourth-order valence-corrected chi connectivity index (χ4v) is 7.66. The summed E-state index contributed by atoms with van der Waals surface area (Å²) in [6.45, 7) is 11.0. The van der Waals surface area contributed by atoms with Crippen molar-refractivity contribution in [1.82, 2.24) is 4.58 Å². The SMILES string of the molecule is CC.Cc1ccccc1C1=c2cc3c4c(c2Oc2c1cc1c5c2CCCN5CCC1)CCC[N+]=4CCC3. The van der Waals surface area contributed by atoms with Crippen LogP contribution in [0.1, 0.15) is 78.5 Å². The fourth-order valence-electron chi connectivity index (χ4n) is 7.66. The molecule has 190 valence electrons. The zero-order chi connectivity index (χ0) is 25.1. The zero-order valence-corrected chi connectivity index (χ0v) is 22.8. The lowest BCUT2D eigenvalue weighted by molar-refractivity contribution is 0.431. The first-order chi connectivity index (χ1) is 18.3. The van der Waals surface area contributed by atoms with Crippen LogP contribution >= 0.6 is 0 Å². The molecule has 5 heterocycles. The minimum absolute atomic E-state index is 1.13. The Balaban J connectivity index is 0.00000113. The van der Waals surface area contributed by atoms with Crippen molar-refractivity contribution in [3.8, 4) is 11.5 Å². The Morgan fingerprint density at radius 1 is 0.757 bits per heavy atom. The third-order valence-corrected chi connectivity index (χ3v) is 9.10. The molecule has 0 bridgehead atoms. The maximum atomic E-state index is 7.14. The van der Waals surface area contributed by atoms with Crippen molar-refractivity contribution >= 4 is 11.3 Å². The van der Waals surface area contributed by atoms with Crippen molar-refractivity contribution in [3.05, 3.63) is 85.9 Å². The van der Waals surface area contributed by atoms with Crippen molar-refractivity contribution < 1.29 is 4.74 Å². The van der Waals surface area contributed by atoms with E-state index in [-0.39, 0.29) is 0 Å². The van der Waals surface area contributed by atoms with Crippen molar-refractivity contribution in [2.75, 3.05) is 31.1 Å². The molecule has 0 aromatic heterocycles. The summed E-state index contributed by atoms with van der Waals surface area (Å²) in [5.74, 6) is 2.32. The number of hydrogen-bond acceptors (Lipinski definition) is 2. The molecule has 0 radical (unpaired) electrons. The second-order valence-corrected chi connectivity index (χ2v) is 11.2. The van der Waals surface area contributed by atoms with Crippen LogP contribution in [0.3, 0.4) is 0 Å². The van der Waals surface area contributed by atoms with Gasteiger partial charge in [-0.2, -0.15) is 0 Å². The van der Waals surface area contributed by atoms with E-state index in [0.29, 0.717) is 0 Å². The van der Waals surface area contributed by atoms with Crippen molar-refractivity contribution in [2.24, 2.45) is 0 Å². The highest BCUT2D eigenvalue weighted by Crippen LogP contribution is 2.48. The zero-order valence-electron chi connectivity index (χ0n) is 22.8. The van der Waals surface area contributed by atoms with Crippen LogP contribution in [0.2, 0.25) is 0 Å². The van der Waals surface area contributed by atoms with Crippen LogP contribution in [0.4, 0.5) is 5.69 Å². The van der Waals surface area contributed by atoms with E-state index >= 15 is 0 Å². The number of rotatable bonds is 1. The van der Waals surface area contributed by atoms with E-state index in [4.69, 9.17) is 4.74 Å². The van der Waals surface area contributed by atoms with Crippen LogP contribution in [-0.4, -0.2) is 26.2 Å². The average molecular weight is 492 g/mol. The van der Waals surface area contributed by atoms with Crippen LogP contribution < -0.4 is 24.8 Å². The minimum atomic E-state index is 1.13. The molecule has 3 aromatic carbocycles. The first-order valence-corrected chi connectivity index (χ1v) is 14.8. The van der Waals surface area contributed by atoms with Gasteiger partial charge >= 0.3 is 0 Å². The topological polar surface area (TPSA) is 15.5 Å². The Bertz CT molecular complexity index is 1540. The average Bonchev–Trinajstić information content (AvgIpc) is 2.95. The number of benzene rings is 3. The fraction of sp³-hybridized carbons (Fsp3) is 0.441. The first kappa shape index (κ1) is 23.1. The maximum Gasteiger partial charge on any atom is 0.210 e. The summed E-state index contributed by atoms with van der Waals surface area (Å²) < 4.78 is 9.78. The number of anilines is 1. The Morgan fingerprint density at radius 3 is 2.32 bits per heavy atom. The summed E-state index contributed by atoms with van der Waals surface area (Å²) in [4.78, 5) is 2.64. The van der Waals surface area contributed by atoms with E-state index in [1.807, 2.05) is 13.8 Å². The van der Waals surface area contributed by atoms with Gasteiger partial charge in [0.1, 0.15) is 24.6 Å². The molecule has 0 saturated carbocycles. The first-order valence-electron chi connectivity index (χ1n) is 14.8. The highest BCUT2D eigenvalue weighted by atomic mass is 16.5. The Hall–Kier alpha value is -3.07. The number of ether oxygens (including phenoxy) is 1. The Kier molecular flexibility index (Phi) is 5.64. The molecule has 0 unspecified atom stereocenters. The van der Waals surface area contributed by atoms with Crippen molar-refractivity contribution in [1.29, 1.82) is 0 Å². The normalized spacial score (nSPS) is 18.5. The highest BCUT2D eigenvalue weighted by Gasteiger charge is 2.35. The summed E-state index contributed by atoms with van der Waals surface area (Å²) in [7, 11) is 0. The molecule has 0 aliphatic carbocycles. The molecule has 0 spiro atoms. The van der Waals surface area contributed by atoms with Gasteiger partial charge in [-0.15, -0.1) is 0 Å². The largest absolute Gasteiger partial charge is 0.455 e. The molecule has 3 nitrogen and oxygen atoms in total. The second-order valence-electron chi connectivity index (χ2n) is 11.2. The van der Waals surface area contributed by atoms with E-state index in [0.717, 1.165) is 24.3 Å². The molecule has 5 aliphatic heterocycles. The Morgan fingerprint density at radius 2 is 1.49 bits per heavy atom. The van der Waals surface area contributed by atoms with E-state index < -0.39 is 0 Å². The molecule has 8 rings (SSSR count). The molecule has 3 heteroatoms. The lowest BCUT2D eigenvalue weighted by Crippen LogP contribution is -2.45. The van der Waals surface area contributed by atoms with Crippen molar-refractivity contribution in [2.45, 2.75) is 72.1 Å². The van der Waals surface area contributed by atoms with E-state index in [1.165, 1.54) is 125 Å². The molecular weight excluding hydrogens is 452 g/mol. The van der Waals surface area contributed by atoms with Gasteiger partial charge in [0, 0.05) is 59.1 Å². The number of fused-ring (bicyclic) bond motifs is 4. The van der Waals surface area contributed by atoms with Gasteiger partial charge in [-0.05, 0) is 74.3 Å². The van der Waals surface area contributed by atoms with Gasteiger partial charge < -0.3 is 9.64 Å². The van der Waals surface area contributed by atoms with Crippen LogP contribution in [0.15, 0.2) is 36.4 Å². The van der Waals surface area contributed by atoms with Gasteiger partial charge in [0.25, 0.3) is 0 Å². The van der Waals surface area contributed by atoms with Gasteiger partial charge in [-0.3, -0.25) is 0 Å². The lowest BCUT2D eigenvalue weighted by Gasteiger charge is -2.39. The maximum absolute atomic E-state index is 7.14. The summed E-state index contributed by atoms with van der Waals surface area (Å²) >= 11 is 0. The molecule has 0 amide bonds. The number of nitrogens with zero attached hydrogens (tertiary/aromatic N) is 2. The smallest absolute Gasteiger partial charge is 0.210 e. The standard InChI is InChI=1S/C32H33N2O.C2H6/c1-20-8-2-3-11-23(20)28-26-18-21-9-4-14-33-16-6-12-24(29(21)33)31(26)35-32-25-13-7-17-34-15-5-10-22(30(25)34)19-27(28)32;1-2/h2-3,8,11,18-19H,4-7,9-10,12-17H2,1H3;1-2H3/q+1;. The van der Waals surface area contributed by atoms with E-state index in [9.17, 15) is 0 Å². The highest BCUT2D eigenvalue weighted by molar-refractivity contribution is 5.90. The predicted molar refractivity (Wildman–Crippen MR) is 153 cm³/mol. The third kappa shape index (κ3) is 3.42. The van der Waals surface area contributed by atoms with Crippen LogP contribution in [-0.2, 0) is 25.7 Å². The summed E-state index contributed by atoms with van der Waals surface area (Å²) in [5, 5.41) is 2.84.